The molecule has 0 aromatic carbocycles. The number of halogens is 1. The summed E-state index contributed by atoms with van der Waals surface area (Å²) in [6, 6.07) is 2.13. The average molecular weight is 388 g/mol. The highest BCUT2D eigenvalue weighted by Gasteiger charge is 2.28. The number of hydrogen-bond donors (Lipinski definition) is 1. The smallest absolute Gasteiger partial charge is 0.316 e. The van der Waals surface area contributed by atoms with Crippen LogP contribution in [-0.4, -0.2) is 31.1 Å². The predicted molar refractivity (Wildman–Crippen MR) is 86.6 cm³/mol. The SMILES string of the molecule is Cc1cc(-n2c(Br)nnc2SC(C)C(=O)O)sc1C1CC1. The molecule has 2 aromatic rings. The Bertz CT molecular complexity index is 694. The molecule has 0 saturated heterocycles. The first-order valence-electron chi connectivity index (χ1n) is 6.58. The van der Waals surface area contributed by atoms with Crippen molar-refractivity contribution < 1.29 is 9.90 Å². The molecule has 1 aliphatic rings. The van der Waals surface area contributed by atoms with Crippen LogP contribution in [0.3, 0.4) is 0 Å². The van der Waals surface area contributed by atoms with Crippen molar-refractivity contribution in [3.63, 3.8) is 0 Å². The number of aliphatic carboxylic acids is 1. The molecule has 1 aliphatic carbocycles. The minimum atomic E-state index is -0.855. The van der Waals surface area contributed by atoms with Crippen LogP contribution in [-0.2, 0) is 4.79 Å². The van der Waals surface area contributed by atoms with E-state index in [9.17, 15) is 4.79 Å². The molecule has 1 N–H and O–H groups in total. The van der Waals surface area contributed by atoms with Gasteiger partial charge in [-0.25, -0.2) is 0 Å². The lowest BCUT2D eigenvalue weighted by Crippen LogP contribution is -2.12. The van der Waals surface area contributed by atoms with Crippen LogP contribution in [0, 0.1) is 6.92 Å². The first-order chi connectivity index (χ1) is 9.97. The zero-order valence-electron chi connectivity index (χ0n) is 11.5. The fourth-order valence-electron chi connectivity index (χ4n) is 2.06. The Labute approximate surface area is 138 Å². The van der Waals surface area contributed by atoms with E-state index in [1.54, 1.807) is 18.3 Å². The maximum atomic E-state index is 11.0. The van der Waals surface area contributed by atoms with Crippen LogP contribution in [0.15, 0.2) is 16.0 Å². The van der Waals surface area contributed by atoms with Gasteiger partial charge in [0.1, 0.15) is 10.3 Å². The van der Waals surface area contributed by atoms with Crippen LogP contribution in [0.4, 0.5) is 0 Å². The molecule has 112 valence electrons. The van der Waals surface area contributed by atoms with E-state index in [-0.39, 0.29) is 0 Å². The van der Waals surface area contributed by atoms with Gasteiger partial charge in [0, 0.05) is 4.88 Å². The molecule has 5 nitrogen and oxygen atoms in total. The standard InChI is InChI=1S/C13H14BrN3O2S2/c1-6-5-9(21-10(6)8-3-4-8)17-12(14)15-16-13(17)20-7(2)11(18)19/h5,7-8H,3-4H2,1-2H3,(H,18,19). The molecule has 0 aliphatic heterocycles. The lowest BCUT2D eigenvalue weighted by molar-refractivity contribution is -0.136. The first-order valence-corrected chi connectivity index (χ1v) is 9.07. The van der Waals surface area contributed by atoms with E-state index >= 15 is 0 Å². The molecule has 8 heteroatoms. The summed E-state index contributed by atoms with van der Waals surface area (Å²) in [6.07, 6.45) is 2.53. The van der Waals surface area contributed by atoms with E-state index < -0.39 is 11.2 Å². The molecular formula is C13H14BrN3O2S2. The zero-order chi connectivity index (χ0) is 15.1. The summed E-state index contributed by atoms with van der Waals surface area (Å²) >= 11 is 6.35. The van der Waals surface area contributed by atoms with Gasteiger partial charge >= 0.3 is 5.97 Å². The number of hydrogen-bond acceptors (Lipinski definition) is 5. The van der Waals surface area contributed by atoms with E-state index in [1.165, 1.54) is 35.0 Å². The summed E-state index contributed by atoms with van der Waals surface area (Å²) in [7, 11) is 0. The van der Waals surface area contributed by atoms with Gasteiger partial charge in [-0.1, -0.05) is 11.8 Å². The van der Waals surface area contributed by atoms with Gasteiger partial charge in [-0.2, -0.15) is 0 Å². The third-order valence-electron chi connectivity index (χ3n) is 3.34. The van der Waals surface area contributed by atoms with Crippen molar-refractivity contribution in [3.05, 3.63) is 21.2 Å². The van der Waals surface area contributed by atoms with Crippen LogP contribution in [0.1, 0.15) is 36.1 Å². The molecule has 0 amide bonds. The average Bonchev–Trinajstić information content (AvgIpc) is 3.11. The van der Waals surface area contributed by atoms with Gasteiger partial charge < -0.3 is 5.11 Å². The molecule has 2 heterocycles. The molecule has 0 spiro atoms. The summed E-state index contributed by atoms with van der Waals surface area (Å²) in [5.41, 5.74) is 1.29. The highest BCUT2D eigenvalue weighted by Crippen LogP contribution is 2.46. The lowest BCUT2D eigenvalue weighted by Gasteiger charge is -2.07. The monoisotopic (exact) mass is 387 g/mol. The highest BCUT2D eigenvalue weighted by atomic mass is 79.9. The van der Waals surface area contributed by atoms with E-state index in [2.05, 4.69) is 39.1 Å². The molecule has 1 unspecified atom stereocenters. The van der Waals surface area contributed by atoms with Gasteiger partial charge in [-0.15, -0.1) is 21.5 Å². The number of aromatic nitrogens is 3. The largest absolute Gasteiger partial charge is 0.480 e. The van der Waals surface area contributed by atoms with Crippen molar-refractivity contribution in [2.24, 2.45) is 0 Å². The first kappa shape index (κ1) is 15.1. The van der Waals surface area contributed by atoms with Gasteiger partial charge in [0.2, 0.25) is 4.73 Å². The second-order valence-electron chi connectivity index (χ2n) is 5.09. The number of rotatable bonds is 5. The van der Waals surface area contributed by atoms with Crippen molar-refractivity contribution >= 4 is 45.0 Å². The Morgan fingerprint density at radius 2 is 2.29 bits per heavy atom. The van der Waals surface area contributed by atoms with Crippen LogP contribution in [0.5, 0.6) is 0 Å². The van der Waals surface area contributed by atoms with E-state index in [1.807, 2.05) is 4.57 Å². The van der Waals surface area contributed by atoms with Crippen molar-refractivity contribution in [2.75, 3.05) is 0 Å². The van der Waals surface area contributed by atoms with Crippen molar-refractivity contribution in [1.82, 2.24) is 14.8 Å². The maximum Gasteiger partial charge on any atom is 0.316 e. The summed E-state index contributed by atoms with van der Waals surface area (Å²) in [6.45, 7) is 3.77. The topological polar surface area (TPSA) is 68.0 Å². The highest BCUT2D eigenvalue weighted by molar-refractivity contribution is 9.10. The van der Waals surface area contributed by atoms with Crippen LogP contribution < -0.4 is 0 Å². The van der Waals surface area contributed by atoms with E-state index in [4.69, 9.17) is 5.11 Å². The number of carboxylic acids is 1. The van der Waals surface area contributed by atoms with Crippen LogP contribution in [0.2, 0.25) is 0 Å². The fourth-order valence-corrected chi connectivity index (χ4v) is 4.94. The summed E-state index contributed by atoms with van der Waals surface area (Å²) in [5, 5.41) is 18.2. The Morgan fingerprint density at radius 1 is 1.57 bits per heavy atom. The third-order valence-corrected chi connectivity index (χ3v) is 6.26. The molecular weight excluding hydrogens is 374 g/mol. The normalized spacial score (nSPS) is 16.1. The number of aryl methyl sites for hydroxylation is 1. The van der Waals surface area contributed by atoms with E-state index in [0.717, 1.165) is 5.00 Å². The predicted octanol–water partition coefficient (Wildman–Crippen LogP) is 3.84. The van der Waals surface area contributed by atoms with Gasteiger partial charge in [-0.3, -0.25) is 9.36 Å². The Kier molecular flexibility index (Phi) is 4.11. The minimum absolute atomic E-state index is 0.566. The van der Waals surface area contributed by atoms with Gasteiger partial charge in [0.15, 0.2) is 5.16 Å². The number of nitrogens with zero attached hydrogens (tertiary/aromatic N) is 3. The lowest BCUT2D eigenvalue weighted by atomic mass is 10.2. The quantitative estimate of drug-likeness (QED) is 0.789. The molecule has 2 aromatic heterocycles. The summed E-state index contributed by atoms with van der Waals surface area (Å²) in [4.78, 5) is 12.5. The number of carboxylic acid groups (broad SMARTS) is 1. The maximum absolute atomic E-state index is 11.0. The molecule has 21 heavy (non-hydrogen) atoms. The summed E-state index contributed by atoms with van der Waals surface area (Å²) < 4.78 is 2.49. The number of carbonyl (C=O) groups is 1. The minimum Gasteiger partial charge on any atom is -0.480 e. The van der Waals surface area contributed by atoms with E-state index in [0.29, 0.717) is 15.8 Å². The van der Waals surface area contributed by atoms with Crippen molar-refractivity contribution in [3.8, 4) is 5.00 Å². The number of thioether (sulfide) groups is 1. The number of thiophene rings is 1. The second-order valence-corrected chi connectivity index (χ2v) is 8.17. The molecule has 1 saturated carbocycles. The second kappa shape index (κ2) is 5.73. The Balaban J connectivity index is 1.96. The van der Waals surface area contributed by atoms with Crippen molar-refractivity contribution in [2.45, 2.75) is 43.0 Å². The molecule has 0 bridgehead atoms. The van der Waals surface area contributed by atoms with Crippen LogP contribution in [0.25, 0.3) is 5.00 Å². The zero-order valence-corrected chi connectivity index (χ0v) is 14.8. The molecule has 3 rings (SSSR count). The Hall–Kier alpha value is -0.860. The van der Waals surface area contributed by atoms with Crippen molar-refractivity contribution in [1.29, 1.82) is 0 Å². The van der Waals surface area contributed by atoms with Gasteiger partial charge in [-0.05, 0) is 60.2 Å². The molecule has 0 radical (unpaired) electrons. The Morgan fingerprint density at radius 3 is 2.90 bits per heavy atom. The van der Waals surface area contributed by atoms with Crippen LogP contribution >= 0.6 is 39.0 Å². The third kappa shape index (κ3) is 3.02. The molecule has 1 atom stereocenters. The van der Waals surface area contributed by atoms with Gasteiger partial charge in [0.25, 0.3) is 0 Å². The fraction of sp³-hybridized carbons (Fsp3) is 0.462. The van der Waals surface area contributed by atoms with Gasteiger partial charge in [0.05, 0.1) is 0 Å². The summed E-state index contributed by atoms with van der Waals surface area (Å²) in [5.74, 6) is -0.153. The molecule has 1 fully saturated rings.